The number of carbonyl (C=O) groups excluding carboxylic acids is 1. The number of hydrogen-bond acceptors (Lipinski definition) is 6. The zero-order chi connectivity index (χ0) is 18.6. The summed E-state index contributed by atoms with van der Waals surface area (Å²) in [4.78, 5) is 16.6. The first kappa shape index (κ1) is 17.0. The lowest BCUT2D eigenvalue weighted by Gasteiger charge is -2.15. The Labute approximate surface area is 155 Å². The van der Waals surface area contributed by atoms with Crippen molar-refractivity contribution in [3.63, 3.8) is 0 Å². The molecule has 0 radical (unpaired) electrons. The Bertz CT molecular complexity index is 922. The molecule has 1 unspecified atom stereocenters. The highest BCUT2D eigenvalue weighted by Crippen LogP contribution is 2.35. The van der Waals surface area contributed by atoms with Crippen LogP contribution in [0.25, 0.3) is 11.5 Å². The molecule has 1 aromatic carbocycles. The van der Waals surface area contributed by atoms with Crippen molar-refractivity contribution in [1.29, 1.82) is 0 Å². The van der Waals surface area contributed by atoms with E-state index in [1.807, 2.05) is 24.3 Å². The number of furan rings is 1. The molecule has 0 saturated carbocycles. The Morgan fingerprint density at radius 3 is 2.89 bits per heavy atom. The number of benzene rings is 1. The van der Waals surface area contributed by atoms with Crippen LogP contribution in [0.2, 0.25) is 0 Å². The van der Waals surface area contributed by atoms with Gasteiger partial charge in [-0.05, 0) is 42.8 Å². The molecular formula is C20H18N2O5. The van der Waals surface area contributed by atoms with Gasteiger partial charge in [-0.25, -0.2) is 0 Å². The smallest absolute Gasteiger partial charge is 0.261 e. The Morgan fingerprint density at radius 2 is 2.11 bits per heavy atom. The second kappa shape index (κ2) is 7.41. The molecule has 1 aliphatic heterocycles. The molecule has 1 atom stereocenters. The van der Waals surface area contributed by atoms with Crippen LogP contribution in [0.1, 0.15) is 12.5 Å². The lowest BCUT2D eigenvalue weighted by Crippen LogP contribution is -2.35. The lowest BCUT2D eigenvalue weighted by molar-refractivity contribution is -0.127. The molecule has 0 bridgehead atoms. The molecule has 1 amide bonds. The average Bonchev–Trinajstić information content (AvgIpc) is 3.38. The average molecular weight is 366 g/mol. The van der Waals surface area contributed by atoms with E-state index < -0.39 is 6.10 Å². The summed E-state index contributed by atoms with van der Waals surface area (Å²) in [5.74, 6) is 2.32. The Hall–Kier alpha value is -3.48. The third-order valence-electron chi connectivity index (χ3n) is 4.09. The van der Waals surface area contributed by atoms with Crippen molar-refractivity contribution in [3.8, 4) is 28.7 Å². The summed E-state index contributed by atoms with van der Waals surface area (Å²) in [5.41, 5.74) is 1.63. The minimum Gasteiger partial charge on any atom is -0.481 e. The summed E-state index contributed by atoms with van der Waals surface area (Å²) in [7, 11) is 0. The first-order valence-corrected chi connectivity index (χ1v) is 8.52. The maximum atomic E-state index is 12.3. The number of hydrogen-bond donors (Lipinski definition) is 1. The van der Waals surface area contributed by atoms with Gasteiger partial charge in [0.15, 0.2) is 23.4 Å². The van der Waals surface area contributed by atoms with Gasteiger partial charge in [-0.2, -0.15) is 0 Å². The molecule has 0 aliphatic carbocycles. The summed E-state index contributed by atoms with van der Waals surface area (Å²) in [6, 6.07) is 12.6. The molecule has 138 valence electrons. The number of aromatic nitrogens is 1. The zero-order valence-electron chi connectivity index (χ0n) is 14.7. The number of carbonyl (C=O) groups is 1. The van der Waals surface area contributed by atoms with E-state index in [4.69, 9.17) is 18.6 Å². The molecule has 0 saturated heterocycles. The maximum Gasteiger partial charge on any atom is 0.261 e. The third-order valence-corrected chi connectivity index (χ3v) is 4.09. The molecule has 2 aromatic heterocycles. The van der Waals surface area contributed by atoms with Crippen LogP contribution in [0.4, 0.5) is 0 Å². The number of fused-ring (bicyclic) bond motifs is 1. The Kier molecular flexibility index (Phi) is 4.65. The van der Waals surface area contributed by atoms with Gasteiger partial charge in [0, 0.05) is 18.8 Å². The zero-order valence-corrected chi connectivity index (χ0v) is 14.7. The largest absolute Gasteiger partial charge is 0.481 e. The van der Waals surface area contributed by atoms with Crippen molar-refractivity contribution < 1.29 is 23.4 Å². The number of nitrogens with one attached hydrogen (secondary N) is 1. The highest BCUT2D eigenvalue weighted by Gasteiger charge is 2.18. The van der Waals surface area contributed by atoms with Crippen LogP contribution in [-0.2, 0) is 11.3 Å². The van der Waals surface area contributed by atoms with E-state index in [1.165, 1.54) is 0 Å². The predicted molar refractivity (Wildman–Crippen MR) is 96.4 cm³/mol. The summed E-state index contributed by atoms with van der Waals surface area (Å²) in [6.07, 6.45) is 2.66. The standard InChI is InChI=1S/C20H18N2O5/c1-13(27-15-5-7-18-19(9-15)26-12-25-18)20(23)22-11-14-4-6-16(21-10-14)17-3-2-8-24-17/h2-10,13H,11-12H2,1H3,(H,22,23). The van der Waals surface area contributed by atoms with Crippen molar-refractivity contribution in [1.82, 2.24) is 10.3 Å². The van der Waals surface area contributed by atoms with Crippen LogP contribution in [0.3, 0.4) is 0 Å². The van der Waals surface area contributed by atoms with Gasteiger partial charge in [0.25, 0.3) is 5.91 Å². The Balaban J connectivity index is 1.31. The fourth-order valence-corrected chi connectivity index (χ4v) is 2.64. The molecule has 27 heavy (non-hydrogen) atoms. The van der Waals surface area contributed by atoms with Gasteiger partial charge in [-0.3, -0.25) is 9.78 Å². The number of nitrogens with zero attached hydrogens (tertiary/aromatic N) is 1. The maximum absolute atomic E-state index is 12.3. The second-order valence-electron chi connectivity index (χ2n) is 6.02. The molecule has 0 fully saturated rings. The van der Waals surface area contributed by atoms with Gasteiger partial charge >= 0.3 is 0 Å². The highest BCUT2D eigenvalue weighted by molar-refractivity contribution is 5.80. The molecular weight excluding hydrogens is 348 g/mol. The lowest BCUT2D eigenvalue weighted by atomic mass is 10.2. The van der Waals surface area contributed by atoms with Crippen molar-refractivity contribution in [2.45, 2.75) is 19.6 Å². The molecule has 0 spiro atoms. The fourth-order valence-electron chi connectivity index (χ4n) is 2.64. The van der Waals surface area contributed by atoms with Gasteiger partial charge in [-0.15, -0.1) is 0 Å². The first-order chi connectivity index (χ1) is 13.2. The van der Waals surface area contributed by atoms with E-state index in [0.29, 0.717) is 29.6 Å². The molecule has 4 rings (SSSR count). The number of rotatable bonds is 6. The van der Waals surface area contributed by atoms with Gasteiger partial charge < -0.3 is 23.9 Å². The number of amides is 1. The van der Waals surface area contributed by atoms with Crippen molar-refractivity contribution >= 4 is 5.91 Å². The van der Waals surface area contributed by atoms with E-state index in [1.54, 1.807) is 37.6 Å². The van der Waals surface area contributed by atoms with E-state index >= 15 is 0 Å². The van der Waals surface area contributed by atoms with E-state index in [9.17, 15) is 4.79 Å². The fraction of sp³-hybridized carbons (Fsp3) is 0.200. The van der Waals surface area contributed by atoms with Crippen LogP contribution < -0.4 is 19.5 Å². The molecule has 3 aromatic rings. The van der Waals surface area contributed by atoms with E-state index in [0.717, 1.165) is 11.3 Å². The molecule has 7 nitrogen and oxygen atoms in total. The highest BCUT2D eigenvalue weighted by atomic mass is 16.7. The van der Waals surface area contributed by atoms with Crippen LogP contribution in [0.5, 0.6) is 17.2 Å². The predicted octanol–water partition coefficient (Wildman–Crippen LogP) is 3.15. The third kappa shape index (κ3) is 3.87. The minimum atomic E-state index is -0.652. The summed E-state index contributed by atoms with van der Waals surface area (Å²) in [5, 5.41) is 2.84. The molecule has 3 heterocycles. The number of pyridine rings is 1. The topological polar surface area (TPSA) is 82.8 Å². The van der Waals surface area contributed by atoms with Crippen molar-refractivity contribution in [2.24, 2.45) is 0 Å². The van der Waals surface area contributed by atoms with Crippen molar-refractivity contribution in [2.75, 3.05) is 6.79 Å². The SMILES string of the molecule is CC(Oc1ccc2c(c1)OCO2)C(=O)NCc1ccc(-c2ccco2)nc1. The summed E-state index contributed by atoms with van der Waals surface area (Å²) in [6.45, 7) is 2.25. The van der Waals surface area contributed by atoms with Gasteiger partial charge in [0.1, 0.15) is 11.4 Å². The summed E-state index contributed by atoms with van der Waals surface area (Å²) >= 11 is 0. The minimum absolute atomic E-state index is 0.196. The second-order valence-corrected chi connectivity index (χ2v) is 6.02. The van der Waals surface area contributed by atoms with Gasteiger partial charge in [-0.1, -0.05) is 6.07 Å². The molecule has 1 N–H and O–H groups in total. The van der Waals surface area contributed by atoms with Gasteiger partial charge in [0.2, 0.25) is 6.79 Å². The van der Waals surface area contributed by atoms with Crippen LogP contribution in [-0.4, -0.2) is 23.8 Å². The first-order valence-electron chi connectivity index (χ1n) is 8.52. The van der Waals surface area contributed by atoms with Crippen molar-refractivity contribution in [3.05, 3.63) is 60.5 Å². The number of ether oxygens (including phenoxy) is 3. The normalized spacial score (nSPS) is 13.2. The van der Waals surface area contributed by atoms with Crippen LogP contribution in [0, 0.1) is 0 Å². The quantitative estimate of drug-likeness (QED) is 0.722. The molecule has 7 heteroatoms. The van der Waals surface area contributed by atoms with E-state index in [2.05, 4.69) is 10.3 Å². The van der Waals surface area contributed by atoms with E-state index in [-0.39, 0.29) is 12.7 Å². The monoisotopic (exact) mass is 366 g/mol. The van der Waals surface area contributed by atoms with Crippen LogP contribution in [0.15, 0.2) is 59.3 Å². The van der Waals surface area contributed by atoms with Crippen LogP contribution >= 0.6 is 0 Å². The summed E-state index contributed by atoms with van der Waals surface area (Å²) < 4.78 is 21.6. The molecule has 1 aliphatic rings. The van der Waals surface area contributed by atoms with Gasteiger partial charge in [0.05, 0.1) is 6.26 Å². The Morgan fingerprint density at radius 1 is 1.22 bits per heavy atom.